The molecule has 7 heteroatoms. The second kappa shape index (κ2) is 8.33. The number of rotatable bonds is 4. The molecular weight excluding hydrogens is 432 g/mol. The van der Waals surface area contributed by atoms with Gasteiger partial charge < -0.3 is 0 Å². The maximum absolute atomic E-state index is 13.5. The van der Waals surface area contributed by atoms with Gasteiger partial charge in [-0.15, -0.1) is 0 Å². The Bertz CT molecular complexity index is 1650. The quantitative estimate of drug-likeness (QED) is 0.293. The van der Waals surface area contributed by atoms with Gasteiger partial charge in [-0.2, -0.15) is 0 Å². The van der Waals surface area contributed by atoms with Gasteiger partial charge >= 0.3 is 0 Å². The minimum absolute atomic E-state index is 0.112. The smallest absolute Gasteiger partial charge is 0.266 e. The normalized spacial score (nSPS) is 11.4. The van der Waals surface area contributed by atoms with Gasteiger partial charge in [0.05, 0.1) is 22.3 Å². The van der Waals surface area contributed by atoms with Gasteiger partial charge in [-0.25, -0.2) is 9.97 Å². The summed E-state index contributed by atoms with van der Waals surface area (Å²) in [7, 11) is 0. The summed E-state index contributed by atoms with van der Waals surface area (Å²) in [6.07, 6.45) is 1.72. The van der Waals surface area contributed by atoms with Crippen LogP contribution >= 0.6 is 11.8 Å². The predicted octanol–water partition coefficient (Wildman–Crippen LogP) is 4.61. The van der Waals surface area contributed by atoms with Crippen LogP contribution in [0.1, 0.15) is 22.4 Å². The van der Waals surface area contributed by atoms with Gasteiger partial charge in [0.25, 0.3) is 11.1 Å². The van der Waals surface area contributed by atoms with Gasteiger partial charge in [-0.3, -0.25) is 18.6 Å². The van der Waals surface area contributed by atoms with Crippen LogP contribution in [0, 0.1) is 20.8 Å². The molecule has 0 radical (unpaired) electrons. The number of hydrogen-bond acceptors (Lipinski definition) is 5. The van der Waals surface area contributed by atoms with Crippen molar-refractivity contribution in [3.05, 3.63) is 110 Å². The first-order valence-electron chi connectivity index (χ1n) is 10.6. The molecule has 0 aliphatic carbocycles. The summed E-state index contributed by atoms with van der Waals surface area (Å²) in [5, 5.41) is 1.14. The number of para-hydroxylation sites is 1. The van der Waals surface area contributed by atoms with E-state index in [1.807, 2.05) is 69.3 Å². The average molecular weight is 455 g/mol. The van der Waals surface area contributed by atoms with Crippen LogP contribution in [-0.2, 0) is 5.75 Å². The summed E-state index contributed by atoms with van der Waals surface area (Å²) in [6.45, 7) is 5.92. The lowest BCUT2D eigenvalue weighted by molar-refractivity contribution is 0.813. The number of benzene rings is 2. The molecule has 0 fully saturated rings. The monoisotopic (exact) mass is 454 g/mol. The van der Waals surface area contributed by atoms with E-state index in [0.29, 0.717) is 33.2 Å². The highest BCUT2D eigenvalue weighted by Gasteiger charge is 2.16. The van der Waals surface area contributed by atoms with E-state index < -0.39 is 0 Å². The van der Waals surface area contributed by atoms with E-state index in [1.54, 1.807) is 27.3 Å². The molecule has 164 valence electrons. The molecule has 6 nitrogen and oxygen atoms in total. The molecule has 0 aliphatic heterocycles. The van der Waals surface area contributed by atoms with Crippen LogP contribution < -0.4 is 11.1 Å². The molecule has 0 atom stereocenters. The lowest BCUT2D eigenvalue weighted by Crippen LogP contribution is -2.22. The van der Waals surface area contributed by atoms with Crippen LogP contribution in [0.25, 0.3) is 22.2 Å². The molecule has 0 unspecified atom stereocenters. The van der Waals surface area contributed by atoms with Crippen LogP contribution in [0.2, 0.25) is 0 Å². The lowest BCUT2D eigenvalue weighted by Gasteiger charge is -2.16. The van der Waals surface area contributed by atoms with Crippen molar-refractivity contribution in [2.75, 3.05) is 0 Å². The summed E-state index contributed by atoms with van der Waals surface area (Å²) >= 11 is 1.40. The largest absolute Gasteiger partial charge is 0.269 e. The SMILES string of the molecule is Cc1ccc(C)c(-n2c(SCc3cc(=O)n4cccc(C)c4n3)nc3ccccc3c2=O)c1. The second-order valence-electron chi connectivity index (χ2n) is 8.10. The third-order valence-electron chi connectivity index (χ3n) is 5.64. The molecule has 0 saturated heterocycles. The number of nitrogens with zero attached hydrogens (tertiary/aromatic N) is 4. The number of hydrogen-bond donors (Lipinski definition) is 0. The number of aromatic nitrogens is 4. The summed E-state index contributed by atoms with van der Waals surface area (Å²) < 4.78 is 3.22. The van der Waals surface area contributed by atoms with Crippen molar-refractivity contribution in [2.24, 2.45) is 0 Å². The van der Waals surface area contributed by atoms with Crippen LogP contribution in [-0.4, -0.2) is 18.9 Å². The van der Waals surface area contributed by atoms with E-state index in [0.717, 1.165) is 22.4 Å². The average Bonchev–Trinajstić information content (AvgIpc) is 2.80. The summed E-state index contributed by atoms with van der Waals surface area (Å²) in [5.41, 5.74) is 5.48. The molecule has 33 heavy (non-hydrogen) atoms. The Labute approximate surface area is 194 Å². The van der Waals surface area contributed by atoms with Gasteiger partial charge in [0.1, 0.15) is 5.65 Å². The fourth-order valence-electron chi connectivity index (χ4n) is 3.90. The lowest BCUT2D eigenvalue weighted by atomic mass is 10.1. The number of thioether (sulfide) groups is 1. The Balaban J connectivity index is 1.65. The maximum Gasteiger partial charge on any atom is 0.266 e. The maximum atomic E-state index is 13.5. The van der Waals surface area contributed by atoms with Crippen LogP contribution in [0.4, 0.5) is 0 Å². The Morgan fingerprint density at radius 3 is 2.55 bits per heavy atom. The third-order valence-corrected chi connectivity index (χ3v) is 6.61. The van der Waals surface area contributed by atoms with E-state index in [2.05, 4.69) is 0 Å². The van der Waals surface area contributed by atoms with Crippen molar-refractivity contribution < 1.29 is 0 Å². The van der Waals surface area contributed by atoms with E-state index >= 15 is 0 Å². The highest BCUT2D eigenvalue weighted by molar-refractivity contribution is 7.98. The third kappa shape index (κ3) is 3.85. The van der Waals surface area contributed by atoms with Crippen molar-refractivity contribution in [1.82, 2.24) is 18.9 Å². The Kier molecular flexibility index (Phi) is 5.34. The van der Waals surface area contributed by atoms with Gasteiger partial charge in [-0.1, -0.05) is 42.1 Å². The van der Waals surface area contributed by atoms with E-state index in [4.69, 9.17) is 9.97 Å². The van der Waals surface area contributed by atoms with Crippen molar-refractivity contribution in [1.29, 1.82) is 0 Å². The Morgan fingerprint density at radius 1 is 0.879 bits per heavy atom. The van der Waals surface area contributed by atoms with Crippen LogP contribution in [0.5, 0.6) is 0 Å². The standard InChI is InChI=1S/C26H22N4O2S/c1-16-10-11-17(2)22(13-16)30-25(32)20-8-4-5-9-21(20)28-26(30)33-15-19-14-23(31)29-12-6-7-18(3)24(29)27-19/h4-14H,15H2,1-3H3. The Hall–Kier alpha value is -3.71. The second-order valence-corrected chi connectivity index (χ2v) is 9.04. The van der Waals surface area contributed by atoms with Gasteiger partial charge in [0.15, 0.2) is 5.16 Å². The van der Waals surface area contributed by atoms with Crippen molar-refractivity contribution in [2.45, 2.75) is 31.7 Å². The van der Waals surface area contributed by atoms with E-state index in [-0.39, 0.29) is 11.1 Å². The molecule has 0 N–H and O–H groups in total. The minimum Gasteiger partial charge on any atom is -0.269 e. The highest BCUT2D eigenvalue weighted by Crippen LogP contribution is 2.26. The number of pyridine rings is 1. The zero-order valence-electron chi connectivity index (χ0n) is 18.6. The van der Waals surface area contributed by atoms with E-state index in [1.165, 1.54) is 11.8 Å². The molecule has 3 heterocycles. The van der Waals surface area contributed by atoms with E-state index in [9.17, 15) is 9.59 Å². The Morgan fingerprint density at radius 2 is 1.70 bits per heavy atom. The molecular formula is C26H22N4O2S. The molecule has 0 amide bonds. The first-order valence-corrected chi connectivity index (χ1v) is 11.6. The van der Waals surface area contributed by atoms with Gasteiger partial charge in [0.2, 0.25) is 0 Å². The zero-order valence-corrected chi connectivity index (χ0v) is 19.4. The molecule has 5 rings (SSSR count). The molecule has 2 aromatic carbocycles. The number of aryl methyl sites for hydroxylation is 3. The van der Waals surface area contributed by atoms with Crippen LogP contribution in [0.3, 0.4) is 0 Å². The van der Waals surface area contributed by atoms with Gasteiger partial charge in [-0.05, 0) is 61.7 Å². The van der Waals surface area contributed by atoms with Crippen molar-refractivity contribution >= 4 is 28.3 Å². The molecule has 3 aromatic heterocycles. The summed E-state index contributed by atoms with van der Waals surface area (Å²) in [6, 6.07) is 18.7. The fourth-order valence-corrected chi connectivity index (χ4v) is 4.80. The first-order chi connectivity index (χ1) is 15.9. The molecule has 0 aliphatic rings. The highest BCUT2D eigenvalue weighted by atomic mass is 32.2. The first kappa shape index (κ1) is 21.2. The predicted molar refractivity (Wildman–Crippen MR) is 133 cm³/mol. The van der Waals surface area contributed by atoms with Crippen LogP contribution in [0.15, 0.2) is 81.6 Å². The zero-order chi connectivity index (χ0) is 23.1. The van der Waals surface area contributed by atoms with Crippen molar-refractivity contribution in [3.8, 4) is 5.69 Å². The summed E-state index contributed by atoms with van der Waals surface area (Å²) in [5.74, 6) is 0.412. The molecule has 0 saturated carbocycles. The summed E-state index contributed by atoms with van der Waals surface area (Å²) in [4.78, 5) is 35.7. The fraction of sp³-hybridized carbons (Fsp3) is 0.154. The van der Waals surface area contributed by atoms with Crippen molar-refractivity contribution in [3.63, 3.8) is 0 Å². The molecule has 0 bridgehead atoms. The minimum atomic E-state index is -0.127. The topological polar surface area (TPSA) is 69.3 Å². The molecule has 0 spiro atoms. The molecule has 5 aromatic rings. The number of fused-ring (bicyclic) bond motifs is 2. The van der Waals surface area contributed by atoms with Gasteiger partial charge in [0, 0.05) is 18.0 Å².